The van der Waals surface area contributed by atoms with Gasteiger partial charge in [0.15, 0.2) is 0 Å². The summed E-state index contributed by atoms with van der Waals surface area (Å²) in [5.41, 5.74) is 1.19. The number of nitrogens with one attached hydrogen (secondary N) is 1. The number of rotatable bonds is 5. The largest absolute Gasteiger partial charge is 0.321 e. The van der Waals surface area contributed by atoms with Crippen LogP contribution in [0.1, 0.15) is 11.4 Å². The highest BCUT2D eigenvalue weighted by Gasteiger charge is 1.99. The molecule has 1 aromatic heterocycles. The van der Waals surface area contributed by atoms with Crippen molar-refractivity contribution in [2.24, 2.45) is 7.05 Å². The van der Waals surface area contributed by atoms with E-state index in [-0.39, 0.29) is 0 Å². The van der Waals surface area contributed by atoms with Crippen molar-refractivity contribution in [3.8, 4) is 0 Å². The number of nitrogens with zero attached hydrogens (tertiary/aromatic N) is 3. The number of hydrogen-bond acceptors (Lipinski definition) is 3. The molecule has 0 saturated carbocycles. The molecule has 1 heterocycles. The van der Waals surface area contributed by atoms with Crippen molar-refractivity contribution in [1.82, 2.24) is 20.1 Å². The number of benzene rings is 1. The quantitative estimate of drug-likeness (QED) is 0.823. The molecule has 0 bridgehead atoms. The lowest BCUT2D eigenvalue weighted by molar-refractivity contribution is 0.654. The van der Waals surface area contributed by atoms with Gasteiger partial charge in [0, 0.05) is 31.6 Å². The summed E-state index contributed by atoms with van der Waals surface area (Å²) in [5.74, 6) is 0.989. The second-order valence-corrected chi connectivity index (χ2v) is 4.35. The normalized spacial score (nSPS) is 10.7. The van der Waals surface area contributed by atoms with E-state index in [4.69, 9.17) is 11.6 Å². The molecular weight excluding hydrogens is 236 g/mol. The van der Waals surface area contributed by atoms with Crippen molar-refractivity contribution >= 4 is 11.6 Å². The number of aromatic nitrogens is 3. The summed E-state index contributed by atoms with van der Waals surface area (Å²) in [7, 11) is 1.95. The highest BCUT2D eigenvalue weighted by atomic mass is 35.5. The molecule has 0 spiro atoms. The van der Waals surface area contributed by atoms with Gasteiger partial charge in [-0.3, -0.25) is 0 Å². The van der Waals surface area contributed by atoms with Crippen molar-refractivity contribution in [2.45, 2.75) is 13.0 Å². The molecule has 0 fully saturated rings. The van der Waals surface area contributed by atoms with Crippen LogP contribution in [-0.2, 0) is 20.0 Å². The third kappa shape index (κ3) is 3.54. The van der Waals surface area contributed by atoms with Gasteiger partial charge in [-0.15, -0.1) is 10.2 Å². The molecule has 5 heteroatoms. The lowest BCUT2D eigenvalue weighted by Gasteiger charge is -2.05. The summed E-state index contributed by atoms with van der Waals surface area (Å²) in [5, 5.41) is 12.0. The maximum absolute atomic E-state index is 5.91. The molecule has 0 aliphatic heterocycles. The SMILES string of the molecule is Cn1cnnc1CCNCc1cccc(Cl)c1. The van der Waals surface area contributed by atoms with Gasteiger partial charge in [0.1, 0.15) is 12.2 Å². The van der Waals surface area contributed by atoms with Crippen LogP contribution in [0.25, 0.3) is 0 Å². The molecule has 0 aliphatic carbocycles. The van der Waals surface area contributed by atoms with Crippen LogP contribution in [0.2, 0.25) is 5.02 Å². The van der Waals surface area contributed by atoms with Crippen LogP contribution in [-0.4, -0.2) is 21.3 Å². The second kappa shape index (κ2) is 5.80. The summed E-state index contributed by atoms with van der Waals surface area (Å²) in [6, 6.07) is 7.87. The van der Waals surface area contributed by atoms with E-state index in [9.17, 15) is 0 Å². The van der Waals surface area contributed by atoms with Crippen molar-refractivity contribution in [3.05, 3.63) is 47.0 Å². The van der Waals surface area contributed by atoms with Gasteiger partial charge in [-0.2, -0.15) is 0 Å². The van der Waals surface area contributed by atoms with Crippen molar-refractivity contribution in [3.63, 3.8) is 0 Å². The topological polar surface area (TPSA) is 42.7 Å². The third-order valence-corrected chi connectivity index (χ3v) is 2.78. The first-order chi connectivity index (χ1) is 8.25. The minimum absolute atomic E-state index is 0.776. The Morgan fingerprint density at radius 2 is 2.29 bits per heavy atom. The fraction of sp³-hybridized carbons (Fsp3) is 0.333. The molecule has 1 aromatic carbocycles. The molecule has 0 aliphatic rings. The lowest BCUT2D eigenvalue weighted by Crippen LogP contribution is -2.18. The van der Waals surface area contributed by atoms with Gasteiger partial charge in [-0.25, -0.2) is 0 Å². The van der Waals surface area contributed by atoms with Crippen LogP contribution < -0.4 is 5.32 Å². The first-order valence-electron chi connectivity index (χ1n) is 5.54. The van der Waals surface area contributed by atoms with Gasteiger partial charge >= 0.3 is 0 Å². The van der Waals surface area contributed by atoms with Gasteiger partial charge in [0.2, 0.25) is 0 Å². The maximum Gasteiger partial charge on any atom is 0.133 e. The molecule has 0 radical (unpaired) electrons. The first kappa shape index (κ1) is 12.1. The van der Waals surface area contributed by atoms with Gasteiger partial charge in [-0.1, -0.05) is 23.7 Å². The molecule has 0 saturated heterocycles. The lowest BCUT2D eigenvalue weighted by atomic mass is 10.2. The molecule has 2 rings (SSSR count). The zero-order chi connectivity index (χ0) is 12.1. The summed E-state index contributed by atoms with van der Waals surface area (Å²) >= 11 is 5.91. The molecule has 4 nitrogen and oxygen atoms in total. The van der Waals surface area contributed by atoms with Crippen LogP contribution in [0.3, 0.4) is 0 Å². The fourth-order valence-corrected chi connectivity index (χ4v) is 1.83. The summed E-state index contributed by atoms with van der Waals surface area (Å²) in [4.78, 5) is 0. The maximum atomic E-state index is 5.91. The highest BCUT2D eigenvalue weighted by Crippen LogP contribution is 2.10. The Bertz CT molecular complexity index is 481. The van der Waals surface area contributed by atoms with Crippen molar-refractivity contribution in [1.29, 1.82) is 0 Å². The minimum Gasteiger partial charge on any atom is -0.321 e. The molecule has 90 valence electrons. The zero-order valence-corrected chi connectivity index (χ0v) is 10.5. The number of halogens is 1. The van der Waals surface area contributed by atoms with Crippen LogP contribution in [0.4, 0.5) is 0 Å². The van der Waals surface area contributed by atoms with Crippen molar-refractivity contribution in [2.75, 3.05) is 6.54 Å². The summed E-state index contributed by atoms with van der Waals surface area (Å²) < 4.78 is 1.93. The fourth-order valence-electron chi connectivity index (χ4n) is 1.61. The van der Waals surface area contributed by atoms with E-state index < -0.39 is 0 Å². The van der Waals surface area contributed by atoms with Crippen LogP contribution in [0, 0.1) is 0 Å². The average molecular weight is 251 g/mol. The van der Waals surface area contributed by atoms with E-state index in [2.05, 4.69) is 21.6 Å². The predicted octanol–water partition coefficient (Wildman–Crippen LogP) is 1.80. The molecular formula is C12H15ClN4. The van der Waals surface area contributed by atoms with Gasteiger partial charge in [0.25, 0.3) is 0 Å². The molecule has 0 atom stereocenters. The number of aryl methyl sites for hydroxylation is 1. The number of hydrogen-bond donors (Lipinski definition) is 1. The Kier molecular flexibility index (Phi) is 4.12. The average Bonchev–Trinajstić information content (AvgIpc) is 2.71. The van der Waals surface area contributed by atoms with Crippen LogP contribution in [0.15, 0.2) is 30.6 Å². The first-order valence-corrected chi connectivity index (χ1v) is 5.91. The predicted molar refractivity (Wildman–Crippen MR) is 67.9 cm³/mol. The smallest absolute Gasteiger partial charge is 0.133 e. The highest BCUT2D eigenvalue weighted by molar-refractivity contribution is 6.30. The van der Waals surface area contributed by atoms with Gasteiger partial charge in [0.05, 0.1) is 0 Å². The third-order valence-electron chi connectivity index (χ3n) is 2.55. The van der Waals surface area contributed by atoms with E-state index in [1.165, 1.54) is 5.56 Å². The van der Waals surface area contributed by atoms with E-state index in [1.54, 1.807) is 6.33 Å². The molecule has 0 amide bonds. The zero-order valence-electron chi connectivity index (χ0n) is 9.73. The van der Waals surface area contributed by atoms with Crippen molar-refractivity contribution < 1.29 is 0 Å². The van der Waals surface area contributed by atoms with Crippen LogP contribution >= 0.6 is 11.6 Å². The van der Waals surface area contributed by atoms with Crippen LogP contribution in [0.5, 0.6) is 0 Å². The Morgan fingerprint density at radius 3 is 3.00 bits per heavy atom. The summed E-state index contributed by atoms with van der Waals surface area (Å²) in [6.45, 7) is 1.69. The Balaban J connectivity index is 1.75. The van der Waals surface area contributed by atoms with E-state index in [1.807, 2.05) is 29.8 Å². The Hall–Kier alpha value is -1.39. The Morgan fingerprint density at radius 1 is 1.41 bits per heavy atom. The van der Waals surface area contributed by atoms with Gasteiger partial charge in [-0.05, 0) is 17.7 Å². The second-order valence-electron chi connectivity index (χ2n) is 3.91. The molecule has 1 N–H and O–H groups in total. The monoisotopic (exact) mass is 250 g/mol. The Labute approximate surface area is 106 Å². The standard InChI is InChI=1S/C12H15ClN4/c1-17-9-15-16-12(17)5-6-14-8-10-3-2-4-11(13)7-10/h2-4,7,9,14H,5-6,8H2,1H3. The molecule has 0 unspecified atom stereocenters. The van der Waals surface area contributed by atoms with E-state index in [0.29, 0.717) is 0 Å². The van der Waals surface area contributed by atoms with Gasteiger partial charge < -0.3 is 9.88 Å². The molecule has 17 heavy (non-hydrogen) atoms. The summed E-state index contributed by atoms with van der Waals surface area (Å²) in [6.07, 6.45) is 2.59. The van der Waals surface area contributed by atoms with E-state index >= 15 is 0 Å². The van der Waals surface area contributed by atoms with E-state index in [0.717, 1.165) is 30.4 Å². The minimum atomic E-state index is 0.776. The molecule has 2 aromatic rings.